The first-order valence-corrected chi connectivity index (χ1v) is 11.0. The maximum Gasteiger partial charge on any atom is 0.338 e. The van der Waals surface area contributed by atoms with Crippen LogP contribution in [-0.4, -0.2) is 43.3 Å². The molecule has 0 bridgehead atoms. The molecule has 0 aromatic heterocycles. The topological polar surface area (TPSA) is 116 Å². The molecule has 0 radical (unpaired) electrons. The Morgan fingerprint density at radius 3 is 2.37 bits per heavy atom. The van der Waals surface area contributed by atoms with Gasteiger partial charge in [0.25, 0.3) is 0 Å². The lowest BCUT2D eigenvalue weighted by atomic mass is 10.2. The average molecular weight is 434 g/mol. The lowest BCUT2D eigenvalue weighted by Gasteiger charge is -2.25. The maximum atomic E-state index is 12.8. The molecule has 1 aliphatic heterocycles. The van der Waals surface area contributed by atoms with Crippen LogP contribution in [0.1, 0.15) is 36.5 Å². The number of esters is 1. The number of sulfonamides is 1. The van der Waals surface area contributed by atoms with Crippen molar-refractivity contribution in [3.63, 3.8) is 0 Å². The van der Waals surface area contributed by atoms with E-state index in [1.165, 1.54) is 40.7 Å². The van der Waals surface area contributed by atoms with Crippen molar-refractivity contribution in [2.75, 3.05) is 19.7 Å². The molecule has 2 aromatic carbocycles. The Morgan fingerprint density at radius 2 is 1.77 bits per heavy atom. The van der Waals surface area contributed by atoms with E-state index in [0.717, 1.165) is 25.3 Å². The molecule has 1 saturated heterocycles. The highest BCUT2D eigenvalue weighted by Crippen LogP contribution is 2.34. The van der Waals surface area contributed by atoms with Crippen LogP contribution in [0.3, 0.4) is 0 Å². The van der Waals surface area contributed by atoms with E-state index < -0.39 is 26.6 Å². The molecule has 30 heavy (non-hydrogen) atoms. The van der Waals surface area contributed by atoms with E-state index in [-0.39, 0.29) is 23.0 Å². The van der Waals surface area contributed by atoms with Crippen molar-refractivity contribution in [2.24, 2.45) is 0 Å². The van der Waals surface area contributed by atoms with Gasteiger partial charge < -0.3 is 9.47 Å². The molecule has 3 rings (SSSR count). The third-order valence-electron chi connectivity index (χ3n) is 4.67. The van der Waals surface area contributed by atoms with E-state index in [9.17, 15) is 23.3 Å². The van der Waals surface area contributed by atoms with Crippen molar-refractivity contribution in [1.82, 2.24) is 4.31 Å². The summed E-state index contributed by atoms with van der Waals surface area (Å²) in [5.74, 6) is -0.318. The van der Waals surface area contributed by atoms with Crippen molar-refractivity contribution < 1.29 is 27.6 Å². The number of benzene rings is 2. The zero-order chi connectivity index (χ0) is 21.7. The molecule has 0 aliphatic carbocycles. The van der Waals surface area contributed by atoms with Gasteiger partial charge in [-0.15, -0.1) is 0 Å². The van der Waals surface area contributed by atoms with Gasteiger partial charge in [0.05, 0.1) is 22.0 Å². The Kier molecular flexibility index (Phi) is 6.68. The Balaban J connectivity index is 1.85. The number of nitro groups is 1. The fourth-order valence-corrected chi connectivity index (χ4v) is 4.68. The molecular formula is C20H22N2O7S. The van der Waals surface area contributed by atoms with Crippen molar-refractivity contribution in [3.8, 4) is 11.5 Å². The zero-order valence-electron chi connectivity index (χ0n) is 16.4. The Morgan fingerprint density at radius 1 is 1.10 bits per heavy atom. The van der Waals surface area contributed by atoms with Gasteiger partial charge >= 0.3 is 11.7 Å². The Hall–Kier alpha value is -2.98. The Bertz CT molecular complexity index is 1030. The van der Waals surface area contributed by atoms with Crippen LogP contribution < -0.4 is 4.74 Å². The van der Waals surface area contributed by atoms with Gasteiger partial charge in [-0.25, -0.2) is 13.2 Å². The van der Waals surface area contributed by atoms with Gasteiger partial charge in [-0.2, -0.15) is 4.31 Å². The number of ether oxygens (including phenoxy) is 2. The highest BCUT2D eigenvalue weighted by atomic mass is 32.2. The van der Waals surface area contributed by atoms with Crippen LogP contribution in [0.5, 0.6) is 11.5 Å². The average Bonchev–Trinajstić information content (AvgIpc) is 2.75. The summed E-state index contributed by atoms with van der Waals surface area (Å²) in [5, 5.41) is 11.5. The van der Waals surface area contributed by atoms with E-state index in [1.807, 2.05) is 0 Å². The molecule has 160 valence electrons. The maximum absolute atomic E-state index is 12.8. The highest BCUT2D eigenvalue weighted by Gasteiger charge is 2.29. The quantitative estimate of drug-likeness (QED) is 0.370. The van der Waals surface area contributed by atoms with Gasteiger partial charge in [-0.1, -0.05) is 6.42 Å². The molecule has 0 atom stereocenters. The Labute approximate surface area is 174 Å². The van der Waals surface area contributed by atoms with E-state index in [0.29, 0.717) is 18.7 Å². The summed E-state index contributed by atoms with van der Waals surface area (Å²) in [4.78, 5) is 22.4. The number of nitrogens with zero attached hydrogens (tertiary/aromatic N) is 2. The van der Waals surface area contributed by atoms with Gasteiger partial charge in [0.2, 0.25) is 15.8 Å². The molecule has 0 saturated carbocycles. The highest BCUT2D eigenvalue weighted by molar-refractivity contribution is 7.89. The second-order valence-electron chi connectivity index (χ2n) is 6.70. The molecule has 1 aliphatic rings. The number of hydrogen-bond acceptors (Lipinski definition) is 7. The van der Waals surface area contributed by atoms with Crippen molar-refractivity contribution in [3.05, 3.63) is 58.1 Å². The molecule has 1 heterocycles. The molecule has 0 N–H and O–H groups in total. The number of nitro benzene ring substituents is 1. The minimum Gasteiger partial charge on any atom is -0.462 e. The number of piperidine rings is 1. The number of hydrogen-bond donors (Lipinski definition) is 0. The van der Waals surface area contributed by atoms with E-state index >= 15 is 0 Å². The summed E-state index contributed by atoms with van der Waals surface area (Å²) in [6.07, 6.45) is 2.50. The SMILES string of the molecule is CCOC(=O)c1ccc(Oc2ccc(S(=O)(=O)N3CCCCC3)cc2[N+](=O)[O-])cc1. The van der Waals surface area contributed by atoms with E-state index in [2.05, 4.69) is 0 Å². The molecule has 9 nitrogen and oxygen atoms in total. The molecular weight excluding hydrogens is 412 g/mol. The van der Waals surface area contributed by atoms with Crippen LogP contribution in [0.4, 0.5) is 5.69 Å². The van der Waals surface area contributed by atoms with E-state index in [4.69, 9.17) is 9.47 Å². The van der Waals surface area contributed by atoms with E-state index in [1.54, 1.807) is 6.92 Å². The molecule has 0 amide bonds. The molecule has 2 aromatic rings. The van der Waals surface area contributed by atoms with Crippen LogP contribution in [0.2, 0.25) is 0 Å². The fourth-order valence-electron chi connectivity index (χ4n) is 3.14. The smallest absolute Gasteiger partial charge is 0.338 e. The first-order chi connectivity index (χ1) is 14.3. The van der Waals surface area contributed by atoms with Crippen LogP contribution in [0, 0.1) is 10.1 Å². The summed E-state index contributed by atoms with van der Waals surface area (Å²) >= 11 is 0. The van der Waals surface area contributed by atoms with Gasteiger partial charge in [-0.3, -0.25) is 10.1 Å². The standard InChI is InChI=1S/C20H22N2O7S/c1-2-28-20(23)15-6-8-16(9-7-15)29-19-11-10-17(14-18(19)22(24)25)30(26,27)21-12-4-3-5-13-21/h6-11,14H,2-5,12-13H2,1H3. The van der Waals surface area contributed by atoms with Crippen LogP contribution in [-0.2, 0) is 14.8 Å². The number of carbonyl (C=O) groups excluding carboxylic acids is 1. The van der Waals surface area contributed by atoms with Gasteiger partial charge in [-0.05, 0) is 56.2 Å². The third-order valence-corrected chi connectivity index (χ3v) is 6.57. The van der Waals surface area contributed by atoms with Crippen molar-refractivity contribution in [2.45, 2.75) is 31.1 Å². The predicted octanol–water partition coefficient (Wildman–Crippen LogP) is 3.74. The summed E-state index contributed by atoms with van der Waals surface area (Å²) in [6.45, 7) is 2.75. The number of carbonyl (C=O) groups is 1. The lowest BCUT2D eigenvalue weighted by Crippen LogP contribution is -2.35. The van der Waals surface area contributed by atoms with Crippen LogP contribution >= 0.6 is 0 Å². The third kappa shape index (κ3) is 4.77. The second-order valence-corrected chi connectivity index (χ2v) is 8.64. The summed E-state index contributed by atoms with van der Waals surface area (Å²) in [5.41, 5.74) is -0.135. The predicted molar refractivity (Wildman–Crippen MR) is 108 cm³/mol. The van der Waals surface area contributed by atoms with Gasteiger partial charge in [0.15, 0.2) is 0 Å². The summed E-state index contributed by atoms with van der Waals surface area (Å²) in [7, 11) is -3.81. The molecule has 0 spiro atoms. The molecule has 10 heteroatoms. The normalized spacial score (nSPS) is 14.8. The second kappa shape index (κ2) is 9.23. The monoisotopic (exact) mass is 434 g/mol. The first kappa shape index (κ1) is 21.7. The molecule has 0 unspecified atom stereocenters. The zero-order valence-corrected chi connectivity index (χ0v) is 17.3. The van der Waals surface area contributed by atoms with Crippen molar-refractivity contribution in [1.29, 1.82) is 0 Å². The van der Waals surface area contributed by atoms with Gasteiger partial charge in [0.1, 0.15) is 5.75 Å². The van der Waals surface area contributed by atoms with Crippen LogP contribution in [0.25, 0.3) is 0 Å². The first-order valence-electron chi connectivity index (χ1n) is 9.56. The lowest BCUT2D eigenvalue weighted by molar-refractivity contribution is -0.385. The molecule has 1 fully saturated rings. The minimum absolute atomic E-state index is 0.0959. The van der Waals surface area contributed by atoms with Gasteiger partial charge in [0, 0.05) is 19.2 Å². The summed E-state index contributed by atoms with van der Waals surface area (Å²) < 4.78 is 37.4. The number of rotatable bonds is 7. The summed E-state index contributed by atoms with van der Waals surface area (Å²) in [6, 6.07) is 9.52. The fraction of sp³-hybridized carbons (Fsp3) is 0.350. The van der Waals surface area contributed by atoms with Crippen LogP contribution in [0.15, 0.2) is 47.4 Å². The minimum atomic E-state index is -3.81. The van der Waals surface area contributed by atoms with Crippen molar-refractivity contribution >= 4 is 21.7 Å². The largest absolute Gasteiger partial charge is 0.462 e.